The molecule has 6 heteroatoms. The van der Waals surface area contributed by atoms with Gasteiger partial charge in [-0.15, -0.1) is 0 Å². The zero-order chi connectivity index (χ0) is 14.8. The van der Waals surface area contributed by atoms with Crippen molar-refractivity contribution in [3.63, 3.8) is 0 Å². The predicted octanol–water partition coefficient (Wildman–Crippen LogP) is 1.64. The van der Waals surface area contributed by atoms with Crippen molar-refractivity contribution in [1.82, 2.24) is 19.9 Å². The molecule has 1 N–H and O–H groups in total. The molecule has 1 aliphatic heterocycles. The van der Waals surface area contributed by atoms with E-state index in [0.29, 0.717) is 25.4 Å². The first-order valence-corrected chi connectivity index (χ1v) is 6.99. The van der Waals surface area contributed by atoms with Gasteiger partial charge in [-0.2, -0.15) is 0 Å². The number of hydrogen-bond donors (Lipinski definition) is 1. The fourth-order valence-electron chi connectivity index (χ4n) is 2.46. The number of carbonyl (C=O) groups is 1. The summed E-state index contributed by atoms with van der Waals surface area (Å²) in [6.45, 7) is 5.41. The standard InChI is InChI=1S/C15H18N4O2/c1-10-4-3-5-16-13(10)15(20)19-6-7-21-12(9-19)14-17-8-11(2)18-14/h3-5,8,12H,6-7,9H2,1-2H3,(H,17,18)/t12-/m0/s1. The van der Waals surface area contributed by atoms with Gasteiger partial charge in [-0.05, 0) is 25.5 Å². The van der Waals surface area contributed by atoms with Crippen LogP contribution in [0.1, 0.15) is 33.7 Å². The lowest BCUT2D eigenvalue weighted by Crippen LogP contribution is -2.43. The summed E-state index contributed by atoms with van der Waals surface area (Å²) in [7, 11) is 0. The molecule has 3 rings (SSSR count). The van der Waals surface area contributed by atoms with Gasteiger partial charge in [-0.3, -0.25) is 9.78 Å². The van der Waals surface area contributed by atoms with Crippen LogP contribution in [-0.2, 0) is 4.74 Å². The highest BCUT2D eigenvalue weighted by molar-refractivity contribution is 5.93. The van der Waals surface area contributed by atoms with E-state index in [1.165, 1.54) is 0 Å². The Morgan fingerprint density at radius 2 is 2.29 bits per heavy atom. The summed E-state index contributed by atoms with van der Waals surface area (Å²) in [6.07, 6.45) is 3.21. The first-order chi connectivity index (χ1) is 10.1. The maximum Gasteiger partial charge on any atom is 0.272 e. The minimum Gasteiger partial charge on any atom is -0.367 e. The number of nitrogens with one attached hydrogen (secondary N) is 1. The van der Waals surface area contributed by atoms with E-state index in [1.807, 2.05) is 26.0 Å². The molecule has 1 amide bonds. The first kappa shape index (κ1) is 13.8. The van der Waals surface area contributed by atoms with Gasteiger partial charge in [0.05, 0.1) is 13.2 Å². The number of hydrogen-bond acceptors (Lipinski definition) is 4. The molecule has 6 nitrogen and oxygen atoms in total. The highest BCUT2D eigenvalue weighted by Gasteiger charge is 2.28. The topological polar surface area (TPSA) is 71.1 Å². The van der Waals surface area contributed by atoms with E-state index in [2.05, 4.69) is 15.0 Å². The summed E-state index contributed by atoms with van der Waals surface area (Å²) in [5, 5.41) is 0. The van der Waals surface area contributed by atoms with Gasteiger partial charge in [-0.1, -0.05) is 6.07 Å². The molecular weight excluding hydrogens is 268 g/mol. The van der Waals surface area contributed by atoms with Crippen LogP contribution in [-0.4, -0.2) is 45.5 Å². The minimum absolute atomic E-state index is 0.0512. The normalized spacial score (nSPS) is 18.8. The van der Waals surface area contributed by atoms with Gasteiger partial charge >= 0.3 is 0 Å². The van der Waals surface area contributed by atoms with Crippen LogP contribution < -0.4 is 0 Å². The smallest absolute Gasteiger partial charge is 0.272 e. The number of aryl methyl sites for hydroxylation is 2. The van der Waals surface area contributed by atoms with E-state index in [4.69, 9.17) is 4.74 Å². The molecule has 0 bridgehead atoms. The number of aromatic amines is 1. The van der Waals surface area contributed by atoms with Crippen molar-refractivity contribution in [3.05, 3.63) is 47.3 Å². The highest BCUT2D eigenvalue weighted by atomic mass is 16.5. The lowest BCUT2D eigenvalue weighted by molar-refractivity contribution is -0.0266. The molecule has 21 heavy (non-hydrogen) atoms. The van der Waals surface area contributed by atoms with Crippen LogP contribution in [0.4, 0.5) is 0 Å². The number of amides is 1. The molecule has 0 aliphatic carbocycles. The third-order valence-corrected chi connectivity index (χ3v) is 3.59. The molecule has 0 saturated carbocycles. The van der Waals surface area contributed by atoms with E-state index >= 15 is 0 Å². The molecule has 0 aromatic carbocycles. The quantitative estimate of drug-likeness (QED) is 0.911. The van der Waals surface area contributed by atoms with Crippen molar-refractivity contribution in [1.29, 1.82) is 0 Å². The summed E-state index contributed by atoms with van der Waals surface area (Å²) < 4.78 is 5.72. The summed E-state index contributed by atoms with van der Waals surface area (Å²) in [4.78, 5) is 26.0. The third-order valence-electron chi connectivity index (χ3n) is 3.59. The Balaban J connectivity index is 1.77. The Morgan fingerprint density at radius 3 is 3.00 bits per heavy atom. The Kier molecular flexibility index (Phi) is 3.70. The molecule has 2 aromatic rings. The van der Waals surface area contributed by atoms with Gasteiger partial charge in [0.1, 0.15) is 17.6 Å². The van der Waals surface area contributed by atoms with Crippen LogP contribution >= 0.6 is 0 Å². The number of aromatic nitrogens is 3. The van der Waals surface area contributed by atoms with Crippen LogP contribution in [0.15, 0.2) is 24.5 Å². The molecule has 1 fully saturated rings. The fourth-order valence-corrected chi connectivity index (χ4v) is 2.46. The molecule has 0 unspecified atom stereocenters. The summed E-state index contributed by atoms with van der Waals surface area (Å²) in [5.74, 6) is 0.715. The Labute approximate surface area is 123 Å². The molecule has 0 radical (unpaired) electrons. The molecular formula is C15H18N4O2. The highest BCUT2D eigenvalue weighted by Crippen LogP contribution is 2.21. The number of H-pyrrole nitrogens is 1. The average Bonchev–Trinajstić information content (AvgIpc) is 2.94. The number of carbonyl (C=O) groups excluding carboxylic acids is 1. The SMILES string of the molecule is Cc1cnc([C@@H]2CN(C(=O)c3ncccc3C)CCO2)[nH]1. The molecule has 1 atom stereocenters. The lowest BCUT2D eigenvalue weighted by atomic mass is 10.1. The number of rotatable bonds is 2. The van der Waals surface area contributed by atoms with Crippen LogP contribution in [0, 0.1) is 13.8 Å². The van der Waals surface area contributed by atoms with E-state index < -0.39 is 0 Å². The summed E-state index contributed by atoms with van der Waals surface area (Å²) in [5.41, 5.74) is 2.38. The average molecular weight is 286 g/mol. The van der Waals surface area contributed by atoms with E-state index in [9.17, 15) is 4.79 Å². The van der Waals surface area contributed by atoms with Crippen LogP contribution in [0.5, 0.6) is 0 Å². The van der Waals surface area contributed by atoms with Crippen molar-refractivity contribution in [3.8, 4) is 0 Å². The van der Waals surface area contributed by atoms with E-state index in [-0.39, 0.29) is 12.0 Å². The van der Waals surface area contributed by atoms with Crippen LogP contribution in [0.25, 0.3) is 0 Å². The third kappa shape index (κ3) is 2.80. The predicted molar refractivity (Wildman–Crippen MR) is 76.9 cm³/mol. The lowest BCUT2D eigenvalue weighted by Gasteiger charge is -2.32. The van der Waals surface area contributed by atoms with Gasteiger partial charge in [0.15, 0.2) is 0 Å². The maximum absolute atomic E-state index is 12.6. The Hall–Kier alpha value is -2.21. The van der Waals surface area contributed by atoms with Crippen molar-refractivity contribution in [2.45, 2.75) is 20.0 Å². The largest absolute Gasteiger partial charge is 0.367 e. The second kappa shape index (κ2) is 5.65. The van der Waals surface area contributed by atoms with Crippen LogP contribution in [0.3, 0.4) is 0 Å². The molecule has 3 heterocycles. The molecule has 0 spiro atoms. The Morgan fingerprint density at radius 1 is 1.43 bits per heavy atom. The van der Waals surface area contributed by atoms with E-state index in [0.717, 1.165) is 17.1 Å². The van der Waals surface area contributed by atoms with Gasteiger partial charge in [0.25, 0.3) is 5.91 Å². The second-order valence-corrected chi connectivity index (χ2v) is 5.23. The molecule has 2 aromatic heterocycles. The van der Waals surface area contributed by atoms with Gasteiger partial charge in [0.2, 0.25) is 0 Å². The van der Waals surface area contributed by atoms with Gasteiger partial charge < -0.3 is 14.6 Å². The fraction of sp³-hybridized carbons (Fsp3) is 0.400. The number of ether oxygens (including phenoxy) is 1. The minimum atomic E-state index is -0.208. The number of imidazole rings is 1. The van der Waals surface area contributed by atoms with Crippen LogP contribution in [0.2, 0.25) is 0 Å². The second-order valence-electron chi connectivity index (χ2n) is 5.23. The monoisotopic (exact) mass is 286 g/mol. The van der Waals surface area contributed by atoms with Crippen molar-refractivity contribution in [2.75, 3.05) is 19.7 Å². The number of nitrogens with zero attached hydrogens (tertiary/aromatic N) is 3. The molecule has 110 valence electrons. The number of pyridine rings is 1. The van der Waals surface area contributed by atoms with Crippen molar-refractivity contribution >= 4 is 5.91 Å². The first-order valence-electron chi connectivity index (χ1n) is 6.99. The van der Waals surface area contributed by atoms with Gasteiger partial charge in [0, 0.05) is 24.6 Å². The Bertz CT molecular complexity index is 653. The van der Waals surface area contributed by atoms with E-state index in [1.54, 1.807) is 17.3 Å². The molecule has 1 saturated heterocycles. The maximum atomic E-state index is 12.6. The van der Waals surface area contributed by atoms with Crippen molar-refractivity contribution < 1.29 is 9.53 Å². The zero-order valence-electron chi connectivity index (χ0n) is 12.2. The zero-order valence-corrected chi connectivity index (χ0v) is 12.2. The van der Waals surface area contributed by atoms with Crippen molar-refractivity contribution in [2.24, 2.45) is 0 Å². The summed E-state index contributed by atoms with van der Waals surface area (Å²) >= 11 is 0. The summed E-state index contributed by atoms with van der Waals surface area (Å²) in [6, 6.07) is 3.73. The van der Waals surface area contributed by atoms with Gasteiger partial charge in [-0.25, -0.2) is 4.98 Å². The number of morpholine rings is 1. The molecule has 1 aliphatic rings.